The third-order valence-electron chi connectivity index (χ3n) is 17.3. The lowest BCUT2D eigenvalue weighted by Gasteiger charge is -2.49. The maximum absolute atomic E-state index is 4.68. The summed E-state index contributed by atoms with van der Waals surface area (Å²) in [6, 6.07) is 45.5. The Balaban J connectivity index is 0.00000352. The fraction of sp³-hybridized carbons (Fsp3) is 0.302. The lowest BCUT2D eigenvalue weighted by Crippen LogP contribution is -3.00. The monoisotopic (exact) mass is 1250 g/mol. The van der Waals surface area contributed by atoms with E-state index >= 15 is 0 Å². The van der Waals surface area contributed by atoms with Crippen molar-refractivity contribution in [2.75, 3.05) is 73.0 Å². The number of pyridine rings is 4. The van der Waals surface area contributed by atoms with Gasteiger partial charge in [-0.3, -0.25) is 19.9 Å². The molecule has 0 bridgehead atoms. The molecule has 4 atom stereocenters. The first-order valence-electron chi connectivity index (χ1n) is 27.2. The molecule has 16 heteroatoms. The summed E-state index contributed by atoms with van der Waals surface area (Å²) >= 11 is 7.42. The number of unbranched alkanes of at least 4 members (excludes halogenated alkanes) is 2. The van der Waals surface area contributed by atoms with Gasteiger partial charge in [0, 0.05) is 64.0 Å². The smallest absolute Gasteiger partial charge is 0.104 e. The molecule has 4 aromatic heterocycles. The van der Waals surface area contributed by atoms with Crippen molar-refractivity contribution in [3.63, 3.8) is 0 Å². The van der Waals surface area contributed by atoms with Crippen LogP contribution in [-0.4, -0.2) is 106 Å². The van der Waals surface area contributed by atoms with Crippen LogP contribution in [0.15, 0.2) is 210 Å². The van der Waals surface area contributed by atoms with Gasteiger partial charge in [0.2, 0.25) is 0 Å². The average Bonchev–Trinajstić information content (AvgIpc) is 3.60. The number of hydrogen-bond donors (Lipinski definition) is 0. The van der Waals surface area contributed by atoms with E-state index in [1.54, 1.807) is 0 Å². The van der Waals surface area contributed by atoms with Crippen molar-refractivity contribution in [2.24, 2.45) is 0 Å². The van der Waals surface area contributed by atoms with Crippen molar-refractivity contribution in [3.05, 3.63) is 171 Å². The van der Waals surface area contributed by atoms with Crippen LogP contribution in [0.25, 0.3) is 0 Å². The number of quaternary nitrogens is 2. The number of halogens is 2. The first kappa shape index (κ1) is 57.2. The summed E-state index contributed by atoms with van der Waals surface area (Å²) in [5.41, 5.74) is 9.86. The third-order valence-corrected chi connectivity index (χ3v) is 21.8. The highest BCUT2D eigenvalue weighted by molar-refractivity contribution is 8.00. The summed E-state index contributed by atoms with van der Waals surface area (Å²) in [6.45, 7) is 15.6. The van der Waals surface area contributed by atoms with Crippen LogP contribution in [0.5, 0.6) is 0 Å². The van der Waals surface area contributed by atoms with Crippen molar-refractivity contribution in [1.82, 2.24) is 19.9 Å². The number of aromatic nitrogens is 4. The molecule has 4 unspecified atom stereocenters. The zero-order valence-corrected chi connectivity index (χ0v) is 52.1. The molecular weight excluding hydrogens is 1180 g/mol. The average molecular weight is 1250 g/mol. The summed E-state index contributed by atoms with van der Waals surface area (Å²) < 4.78 is 1.84. The van der Waals surface area contributed by atoms with Gasteiger partial charge in [-0.2, -0.15) is 0 Å². The minimum Gasteiger partial charge on any atom is -1.00 e. The molecule has 0 saturated carbocycles. The molecule has 79 heavy (non-hydrogen) atoms. The molecule has 8 aromatic rings. The zero-order chi connectivity index (χ0) is 52.7. The zero-order valence-electron chi connectivity index (χ0n) is 45.7. The number of rotatable bonds is 18. The molecule has 0 aliphatic carbocycles. The second-order valence-electron chi connectivity index (χ2n) is 21.7. The number of likely N-dealkylation sites (N-methyl/N-ethyl adjacent to an activating group) is 2. The van der Waals surface area contributed by atoms with E-state index in [1.807, 2.05) is 71.8 Å². The van der Waals surface area contributed by atoms with Crippen molar-refractivity contribution in [3.8, 4) is 0 Å². The molecular formula is C63H68Br2N10S4. The van der Waals surface area contributed by atoms with Gasteiger partial charge in [-0.05, 0) is 120 Å². The summed E-state index contributed by atoms with van der Waals surface area (Å²) in [4.78, 5) is 39.2. The molecule has 0 spiro atoms. The van der Waals surface area contributed by atoms with Crippen LogP contribution in [0.3, 0.4) is 0 Å². The summed E-state index contributed by atoms with van der Waals surface area (Å²) in [5, 5.41) is 0. The van der Waals surface area contributed by atoms with Crippen molar-refractivity contribution >= 4 is 92.5 Å². The van der Waals surface area contributed by atoms with Crippen LogP contribution in [0.2, 0.25) is 0 Å². The Bertz CT molecular complexity index is 2810. The molecule has 4 aliphatic heterocycles. The highest BCUT2D eigenvalue weighted by Crippen LogP contribution is 2.52. The Morgan fingerprint density at radius 1 is 0.329 bits per heavy atom. The van der Waals surface area contributed by atoms with Gasteiger partial charge in [0.05, 0.1) is 124 Å². The van der Waals surface area contributed by atoms with E-state index in [2.05, 4.69) is 227 Å². The van der Waals surface area contributed by atoms with Gasteiger partial charge >= 0.3 is 0 Å². The summed E-state index contributed by atoms with van der Waals surface area (Å²) in [7, 11) is 5.10. The van der Waals surface area contributed by atoms with Crippen LogP contribution in [0.1, 0.15) is 47.0 Å². The minimum atomic E-state index is 0. The van der Waals surface area contributed by atoms with Crippen LogP contribution in [-0.2, 0) is 0 Å². The SMILES string of the molecule is CC(CN1c2ccccc2Sc2ccncc21)[N+](C)(CCCCC[N+](C)(C(C)CN1c2ccccc2Sc2ccncc21)C(C)CN1c2ccccc2Sc2ccncc21)C(C)CN1c2ccccc2Sc2ccncc21.[Br-].[Br-]. The Kier molecular flexibility index (Phi) is 17.8. The van der Waals surface area contributed by atoms with E-state index in [0.717, 1.165) is 67.5 Å². The molecule has 10 nitrogen and oxygen atoms in total. The van der Waals surface area contributed by atoms with Gasteiger partial charge in [0.25, 0.3) is 0 Å². The molecule has 0 fully saturated rings. The Morgan fingerprint density at radius 2 is 0.557 bits per heavy atom. The molecule has 0 saturated heterocycles. The van der Waals surface area contributed by atoms with E-state index in [4.69, 9.17) is 0 Å². The van der Waals surface area contributed by atoms with E-state index in [-0.39, 0.29) is 58.1 Å². The van der Waals surface area contributed by atoms with Gasteiger partial charge in [-0.15, -0.1) is 0 Å². The Labute approximate surface area is 505 Å². The number of hydrogen-bond acceptors (Lipinski definition) is 12. The Hall–Kier alpha value is -5.04. The second kappa shape index (κ2) is 24.6. The predicted molar refractivity (Wildman–Crippen MR) is 321 cm³/mol. The second-order valence-corrected chi connectivity index (χ2v) is 26.0. The summed E-state index contributed by atoms with van der Waals surface area (Å²) in [5.74, 6) is 0. The molecule has 408 valence electrons. The Morgan fingerprint density at radius 3 is 0.810 bits per heavy atom. The maximum atomic E-state index is 4.68. The van der Waals surface area contributed by atoms with Crippen molar-refractivity contribution < 1.29 is 42.9 Å². The number of fused-ring (bicyclic) bond motifs is 8. The summed E-state index contributed by atoms with van der Waals surface area (Å²) in [6.07, 6.45) is 19.4. The predicted octanol–water partition coefficient (Wildman–Crippen LogP) is 9.40. The van der Waals surface area contributed by atoms with Crippen LogP contribution >= 0.6 is 47.0 Å². The standard InChI is InChI=1S/C63H68N10S4.2BrH/c1-44(40-68-48-18-8-12-22-56(48)74-60-26-30-64-36-52(60)68)72(5,45(2)41-69-49-19-9-13-23-57(49)75-61-27-31-65-37-53(61)69)34-16-7-17-35-73(6,46(3)42-70-50-20-10-14-24-58(50)76-62-28-32-66-38-54(62)70)47(4)43-71-51-21-11-15-25-59(51)77-63-29-33-67-39-55(63)71;;/h8-15,18-33,36-39,44-47H,7,16-17,34-35,40-43H2,1-6H3;2*1H/q+2;;/p-2. The topological polar surface area (TPSA) is 64.5 Å². The van der Waals surface area contributed by atoms with Crippen LogP contribution < -0.4 is 53.6 Å². The largest absolute Gasteiger partial charge is 1.00 e. The normalized spacial score (nSPS) is 16.7. The van der Waals surface area contributed by atoms with Gasteiger partial charge in [0.15, 0.2) is 0 Å². The fourth-order valence-electron chi connectivity index (χ4n) is 12.1. The van der Waals surface area contributed by atoms with Gasteiger partial charge < -0.3 is 62.5 Å². The first-order valence-corrected chi connectivity index (χ1v) is 30.5. The van der Waals surface area contributed by atoms with E-state index in [9.17, 15) is 0 Å². The molecule has 4 aliphatic rings. The maximum Gasteiger partial charge on any atom is 0.104 e. The number of benzene rings is 4. The number of para-hydroxylation sites is 4. The molecule has 8 heterocycles. The molecule has 12 rings (SSSR count). The molecule has 4 aromatic carbocycles. The highest BCUT2D eigenvalue weighted by atomic mass is 79.9. The van der Waals surface area contributed by atoms with Gasteiger partial charge in [-0.1, -0.05) is 95.6 Å². The molecule has 0 radical (unpaired) electrons. The lowest BCUT2D eigenvalue weighted by atomic mass is 10.0. The lowest BCUT2D eigenvalue weighted by molar-refractivity contribution is -0.951. The van der Waals surface area contributed by atoms with E-state index in [1.165, 1.54) is 84.7 Å². The molecule has 0 N–H and O–H groups in total. The first-order chi connectivity index (χ1) is 37.6. The number of nitrogens with zero attached hydrogens (tertiary/aromatic N) is 10. The van der Waals surface area contributed by atoms with E-state index in [0.29, 0.717) is 0 Å². The quantitative estimate of drug-likeness (QED) is 0.0608. The van der Waals surface area contributed by atoms with E-state index < -0.39 is 0 Å². The highest BCUT2D eigenvalue weighted by Gasteiger charge is 2.42. The minimum absolute atomic E-state index is 0. The van der Waals surface area contributed by atoms with Crippen molar-refractivity contribution in [2.45, 2.75) is 110 Å². The van der Waals surface area contributed by atoms with Crippen LogP contribution in [0.4, 0.5) is 45.5 Å². The fourth-order valence-corrected chi connectivity index (χ4v) is 16.4. The van der Waals surface area contributed by atoms with Crippen LogP contribution in [0, 0.1) is 0 Å². The third kappa shape index (κ3) is 11.2. The van der Waals surface area contributed by atoms with Gasteiger partial charge in [0.1, 0.15) is 24.2 Å². The number of anilines is 8. The van der Waals surface area contributed by atoms with Crippen molar-refractivity contribution in [1.29, 1.82) is 0 Å². The molecule has 0 amide bonds. The van der Waals surface area contributed by atoms with Gasteiger partial charge in [-0.25, -0.2) is 0 Å².